The van der Waals surface area contributed by atoms with Crippen LogP contribution in [0.3, 0.4) is 0 Å². The summed E-state index contributed by atoms with van der Waals surface area (Å²) >= 11 is 0. The Labute approximate surface area is 114 Å². The molecule has 2 rings (SSSR count). The maximum absolute atomic E-state index is 11.9. The number of hydrogen-bond acceptors (Lipinski definition) is 4. The standard InChI is InChI=1S/C13H14N2O5/c14-10(16)7-20-9-3-1-8(2-4-9)15-11(17)13(5-6-13)12(18)19/h1-4H,5-7H2,(H2,14,16)(H,15,17)(H,18,19). The van der Waals surface area contributed by atoms with Gasteiger partial charge in [0.2, 0.25) is 5.91 Å². The van der Waals surface area contributed by atoms with Gasteiger partial charge in [-0.2, -0.15) is 0 Å². The van der Waals surface area contributed by atoms with Gasteiger partial charge in [0.15, 0.2) is 6.61 Å². The molecule has 0 aromatic heterocycles. The molecule has 106 valence electrons. The number of carboxylic acids is 1. The first kappa shape index (κ1) is 13.9. The Hall–Kier alpha value is -2.57. The molecule has 7 nitrogen and oxygen atoms in total. The lowest BCUT2D eigenvalue weighted by atomic mass is 10.1. The zero-order chi connectivity index (χ0) is 14.8. The predicted octanol–water partition coefficient (Wildman–Crippen LogP) is 0.354. The summed E-state index contributed by atoms with van der Waals surface area (Å²) in [7, 11) is 0. The molecule has 4 N–H and O–H groups in total. The van der Waals surface area contributed by atoms with Crippen molar-refractivity contribution in [2.24, 2.45) is 11.1 Å². The van der Waals surface area contributed by atoms with Crippen LogP contribution in [0.25, 0.3) is 0 Å². The van der Waals surface area contributed by atoms with Crippen LogP contribution in [0.4, 0.5) is 5.69 Å². The molecular weight excluding hydrogens is 264 g/mol. The highest BCUT2D eigenvalue weighted by molar-refractivity contribution is 6.10. The summed E-state index contributed by atoms with van der Waals surface area (Å²) in [5, 5.41) is 11.5. The number of aliphatic carboxylic acids is 1. The van der Waals surface area contributed by atoms with Crippen molar-refractivity contribution in [3.63, 3.8) is 0 Å². The highest BCUT2D eigenvalue weighted by Crippen LogP contribution is 2.46. The fourth-order valence-corrected chi connectivity index (χ4v) is 1.70. The molecule has 1 aliphatic carbocycles. The molecule has 2 amide bonds. The normalized spacial score (nSPS) is 15.2. The van der Waals surface area contributed by atoms with Gasteiger partial charge in [0.1, 0.15) is 11.2 Å². The van der Waals surface area contributed by atoms with Gasteiger partial charge in [-0.05, 0) is 37.1 Å². The monoisotopic (exact) mass is 278 g/mol. The second-order valence-corrected chi connectivity index (χ2v) is 4.62. The third-order valence-electron chi connectivity index (χ3n) is 3.09. The minimum absolute atomic E-state index is 0.228. The third kappa shape index (κ3) is 2.87. The number of primary amides is 1. The van der Waals surface area contributed by atoms with Crippen molar-refractivity contribution in [3.05, 3.63) is 24.3 Å². The number of rotatable bonds is 6. The van der Waals surface area contributed by atoms with E-state index in [0.717, 1.165) is 0 Å². The summed E-state index contributed by atoms with van der Waals surface area (Å²) in [4.78, 5) is 33.4. The number of hydrogen-bond donors (Lipinski definition) is 3. The van der Waals surface area contributed by atoms with E-state index in [1.54, 1.807) is 24.3 Å². The predicted molar refractivity (Wildman–Crippen MR) is 69.1 cm³/mol. The first-order valence-electron chi connectivity index (χ1n) is 6.00. The fraction of sp³-hybridized carbons (Fsp3) is 0.308. The molecule has 20 heavy (non-hydrogen) atoms. The number of carbonyl (C=O) groups is 3. The van der Waals surface area contributed by atoms with Crippen LogP contribution in [0.5, 0.6) is 5.75 Å². The van der Waals surface area contributed by atoms with Crippen molar-refractivity contribution in [1.82, 2.24) is 0 Å². The van der Waals surface area contributed by atoms with Crippen LogP contribution in [-0.4, -0.2) is 29.5 Å². The number of carboxylic acid groups (broad SMARTS) is 1. The molecule has 1 aromatic carbocycles. The Kier molecular flexibility index (Phi) is 3.60. The molecule has 1 saturated carbocycles. The highest BCUT2D eigenvalue weighted by Gasteiger charge is 2.57. The zero-order valence-electron chi connectivity index (χ0n) is 10.6. The number of nitrogens with one attached hydrogen (secondary N) is 1. The lowest BCUT2D eigenvalue weighted by molar-refractivity contribution is -0.147. The second-order valence-electron chi connectivity index (χ2n) is 4.62. The molecule has 0 spiro atoms. The minimum atomic E-state index is -1.28. The van der Waals surface area contributed by atoms with Crippen LogP contribution < -0.4 is 15.8 Å². The van der Waals surface area contributed by atoms with E-state index >= 15 is 0 Å². The number of carbonyl (C=O) groups excluding carboxylic acids is 2. The van der Waals surface area contributed by atoms with Crippen LogP contribution in [0.1, 0.15) is 12.8 Å². The fourth-order valence-electron chi connectivity index (χ4n) is 1.70. The van der Waals surface area contributed by atoms with Gasteiger partial charge in [-0.1, -0.05) is 0 Å². The largest absolute Gasteiger partial charge is 0.484 e. The van der Waals surface area contributed by atoms with Gasteiger partial charge < -0.3 is 20.9 Å². The molecule has 0 aliphatic heterocycles. The first-order valence-corrected chi connectivity index (χ1v) is 6.00. The summed E-state index contributed by atoms with van der Waals surface area (Å²) in [6.45, 7) is -0.228. The van der Waals surface area contributed by atoms with E-state index < -0.39 is 23.2 Å². The molecule has 0 radical (unpaired) electrons. The second kappa shape index (κ2) is 5.20. The average Bonchev–Trinajstić information content (AvgIpc) is 3.19. The van der Waals surface area contributed by atoms with Crippen LogP contribution in [0.2, 0.25) is 0 Å². The van der Waals surface area contributed by atoms with E-state index in [4.69, 9.17) is 15.6 Å². The molecular formula is C13H14N2O5. The molecule has 1 fully saturated rings. The molecule has 0 atom stereocenters. The van der Waals surface area contributed by atoms with Crippen LogP contribution >= 0.6 is 0 Å². The van der Waals surface area contributed by atoms with Gasteiger partial charge in [0.25, 0.3) is 5.91 Å². The maximum atomic E-state index is 11.9. The van der Waals surface area contributed by atoms with Crippen molar-refractivity contribution in [1.29, 1.82) is 0 Å². The van der Waals surface area contributed by atoms with Gasteiger partial charge in [-0.25, -0.2) is 0 Å². The van der Waals surface area contributed by atoms with Crippen molar-refractivity contribution < 1.29 is 24.2 Å². The van der Waals surface area contributed by atoms with Gasteiger partial charge >= 0.3 is 5.97 Å². The third-order valence-corrected chi connectivity index (χ3v) is 3.09. The lowest BCUT2D eigenvalue weighted by Crippen LogP contribution is -2.31. The van der Waals surface area contributed by atoms with Crippen LogP contribution in [-0.2, 0) is 14.4 Å². The molecule has 0 saturated heterocycles. The molecule has 1 aliphatic rings. The number of ether oxygens (including phenoxy) is 1. The van der Waals surface area contributed by atoms with Crippen LogP contribution in [0, 0.1) is 5.41 Å². The smallest absolute Gasteiger partial charge is 0.319 e. The minimum Gasteiger partial charge on any atom is -0.484 e. The van der Waals surface area contributed by atoms with E-state index in [1.807, 2.05) is 0 Å². The van der Waals surface area contributed by atoms with E-state index in [2.05, 4.69) is 5.32 Å². The Balaban J connectivity index is 1.96. The van der Waals surface area contributed by atoms with Gasteiger partial charge in [0, 0.05) is 5.69 Å². The Morgan fingerprint density at radius 1 is 1.25 bits per heavy atom. The number of nitrogens with two attached hydrogens (primary N) is 1. The van der Waals surface area contributed by atoms with Crippen LogP contribution in [0.15, 0.2) is 24.3 Å². The molecule has 7 heteroatoms. The van der Waals surface area contributed by atoms with Crippen molar-refractivity contribution in [3.8, 4) is 5.75 Å². The summed E-state index contributed by atoms with van der Waals surface area (Å²) in [5.74, 6) is -1.77. The Bertz CT molecular complexity index is 548. The maximum Gasteiger partial charge on any atom is 0.319 e. The molecule has 0 unspecified atom stereocenters. The Morgan fingerprint density at radius 3 is 2.30 bits per heavy atom. The zero-order valence-corrected chi connectivity index (χ0v) is 10.6. The number of anilines is 1. The quantitative estimate of drug-likeness (QED) is 0.649. The number of benzene rings is 1. The molecule has 1 aromatic rings. The Morgan fingerprint density at radius 2 is 1.85 bits per heavy atom. The van der Waals surface area contributed by atoms with Crippen molar-refractivity contribution >= 4 is 23.5 Å². The SMILES string of the molecule is NC(=O)COc1ccc(NC(=O)C2(C(=O)O)CC2)cc1. The number of amides is 2. The summed E-state index contributed by atoms with van der Waals surface area (Å²) in [5.41, 5.74) is 4.13. The van der Waals surface area contributed by atoms with Gasteiger partial charge in [-0.15, -0.1) is 0 Å². The van der Waals surface area contributed by atoms with E-state index in [9.17, 15) is 14.4 Å². The molecule has 0 bridgehead atoms. The summed E-state index contributed by atoms with van der Waals surface area (Å²) in [6.07, 6.45) is 0.710. The lowest BCUT2D eigenvalue weighted by Gasteiger charge is -2.11. The highest BCUT2D eigenvalue weighted by atomic mass is 16.5. The van der Waals surface area contributed by atoms with E-state index in [1.165, 1.54) is 0 Å². The average molecular weight is 278 g/mol. The summed E-state index contributed by atoms with van der Waals surface area (Å²) in [6, 6.07) is 6.23. The van der Waals surface area contributed by atoms with E-state index in [-0.39, 0.29) is 6.61 Å². The van der Waals surface area contributed by atoms with Gasteiger partial charge in [0.05, 0.1) is 0 Å². The molecule has 0 heterocycles. The topological polar surface area (TPSA) is 119 Å². The first-order chi connectivity index (χ1) is 9.44. The summed E-state index contributed by atoms with van der Waals surface area (Å²) < 4.78 is 5.06. The van der Waals surface area contributed by atoms with Gasteiger partial charge in [-0.3, -0.25) is 14.4 Å². The van der Waals surface area contributed by atoms with E-state index in [0.29, 0.717) is 24.3 Å². The van der Waals surface area contributed by atoms with Crippen molar-refractivity contribution in [2.75, 3.05) is 11.9 Å². The van der Waals surface area contributed by atoms with Crippen molar-refractivity contribution in [2.45, 2.75) is 12.8 Å².